The van der Waals surface area contributed by atoms with E-state index in [1.54, 1.807) is 18.2 Å². The molecule has 9 heteroatoms. The van der Waals surface area contributed by atoms with Crippen molar-refractivity contribution in [1.29, 1.82) is 0 Å². The fraction of sp³-hybridized carbons (Fsp3) is 0.241. The standard InChI is InChI=1S/C29H26BrClN2O4S/c1-17(2)25-15-22(33-37-38(35,36)23-10-7-18(3)8-11-23)16-26(19-5-4-6-21(31)13-19)29(25)24-12-9-20(30)14-27(24)32-28(29)34/h4-14,25-26H,1,15-16H2,2-3H3,(H,32,34)/b33-22-/t25-,26+,29-/m1/s1. The number of amides is 1. The molecule has 1 amide bonds. The maximum atomic E-state index is 14.0. The maximum Gasteiger partial charge on any atom is 0.358 e. The number of aryl methyl sites for hydroxylation is 1. The van der Waals surface area contributed by atoms with Crippen molar-refractivity contribution in [3.8, 4) is 0 Å². The zero-order valence-electron chi connectivity index (χ0n) is 20.9. The third-order valence-electron chi connectivity index (χ3n) is 7.45. The molecular weight excluding hydrogens is 588 g/mol. The molecule has 3 aromatic carbocycles. The molecule has 0 unspecified atom stereocenters. The molecule has 1 N–H and O–H groups in total. The Labute approximate surface area is 236 Å². The van der Waals surface area contributed by atoms with Crippen LogP contribution in [0.1, 0.15) is 42.4 Å². The van der Waals surface area contributed by atoms with E-state index < -0.39 is 21.5 Å². The Morgan fingerprint density at radius 3 is 2.55 bits per heavy atom. The highest BCUT2D eigenvalue weighted by molar-refractivity contribution is 9.10. The van der Waals surface area contributed by atoms with Crippen LogP contribution in [-0.2, 0) is 24.6 Å². The van der Waals surface area contributed by atoms with Crippen molar-refractivity contribution in [2.75, 3.05) is 5.32 Å². The first kappa shape index (κ1) is 26.7. The number of rotatable bonds is 5. The number of anilines is 1. The summed E-state index contributed by atoms with van der Waals surface area (Å²) < 4.78 is 31.8. The van der Waals surface area contributed by atoms with Crippen molar-refractivity contribution in [1.82, 2.24) is 0 Å². The lowest BCUT2D eigenvalue weighted by Crippen LogP contribution is -2.51. The molecule has 1 aliphatic carbocycles. The Morgan fingerprint density at radius 1 is 1.13 bits per heavy atom. The van der Waals surface area contributed by atoms with E-state index >= 15 is 0 Å². The van der Waals surface area contributed by atoms with Gasteiger partial charge in [-0.1, -0.05) is 80.7 Å². The highest BCUT2D eigenvalue weighted by Gasteiger charge is 2.60. The van der Waals surface area contributed by atoms with Crippen LogP contribution in [-0.4, -0.2) is 20.0 Å². The molecule has 0 aromatic heterocycles. The predicted octanol–water partition coefficient (Wildman–Crippen LogP) is 7.13. The summed E-state index contributed by atoms with van der Waals surface area (Å²) in [5.41, 5.74) is 3.73. The summed E-state index contributed by atoms with van der Waals surface area (Å²) in [6.45, 7) is 8.00. The summed E-state index contributed by atoms with van der Waals surface area (Å²) in [5, 5.41) is 7.78. The number of halogens is 2. The normalized spacial score (nSPS) is 23.8. The average Bonchev–Trinajstić information content (AvgIpc) is 3.14. The van der Waals surface area contributed by atoms with E-state index in [0.717, 1.165) is 32.4 Å². The number of carbonyl (C=O) groups is 1. The number of benzene rings is 3. The molecule has 1 saturated carbocycles. The first-order valence-electron chi connectivity index (χ1n) is 12.1. The average molecular weight is 614 g/mol. The van der Waals surface area contributed by atoms with Gasteiger partial charge in [-0.3, -0.25) is 9.08 Å². The quantitative estimate of drug-likeness (QED) is 0.245. The first-order chi connectivity index (χ1) is 18.0. The number of oxime groups is 1. The van der Waals surface area contributed by atoms with Gasteiger partial charge in [0.15, 0.2) is 0 Å². The van der Waals surface area contributed by atoms with Crippen LogP contribution in [0.25, 0.3) is 0 Å². The minimum atomic E-state index is -4.11. The van der Waals surface area contributed by atoms with Crippen LogP contribution in [0, 0.1) is 12.8 Å². The highest BCUT2D eigenvalue weighted by atomic mass is 79.9. The van der Waals surface area contributed by atoms with Gasteiger partial charge in [0.05, 0.1) is 11.1 Å². The van der Waals surface area contributed by atoms with E-state index in [0.29, 0.717) is 23.6 Å². The predicted molar refractivity (Wildman–Crippen MR) is 153 cm³/mol. The molecule has 0 saturated heterocycles. The Bertz CT molecular complexity index is 1590. The van der Waals surface area contributed by atoms with Gasteiger partial charge < -0.3 is 5.32 Å². The second-order valence-corrected chi connectivity index (χ2v) is 12.8. The lowest BCUT2D eigenvalue weighted by atomic mass is 9.54. The summed E-state index contributed by atoms with van der Waals surface area (Å²) in [4.78, 5) is 14.0. The number of allylic oxidation sites excluding steroid dienone is 1. The topological polar surface area (TPSA) is 84.8 Å². The van der Waals surface area contributed by atoms with Crippen LogP contribution in [0.5, 0.6) is 0 Å². The Balaban J connectivity index is 1.63. The van der Waals surface area contributed by atoms with Crippen LogP contribution in [0.3, 0.4) is 0 Å². The number of fused-ring (bicyclic) bond motifs is 2. The molecule has 1 heterocycles. The second-order valence-electron chi connectivity index (χ2n) is 9.93. The summed E-state index contributed by atoms with van der Waals surface area (Å²) >= 11 is 9.90. The van der Waals surface area contributed by atoms with Gasteiger partial charge >= 0.3 is 10.1 Å². The number of carbonyl (C=O) groups excluding carboxylic acids is 1. The fourth-order valence-electron chi connectivity index (χ4n) is 5.73. The number of hydrogen-bond donors (Lipinski definition) is 1. The van der Waals surface area contributed by atoms with Crippen molar-refractivity contribution in [3.05, 3.63) is 105 Å². The fourth-order valence-corrected chi connectivity index (χ4v) is 7.05. The molecule has 1 fully saturated rings. The monoisotopic (exact) mass is 612 g/mol. The lowest BCUT2D eigenvalue weighted by Gasteiger charge is -2.47. The van der Waals surface area contributed by atoms with Gasteiger partial charge in [0.2, 0.25) is 5.91 Å². The SMILES string of the molecule is C=C(C)[C@H]1C/C(=N/OS(=O)(=O)c2ccc(C)cc2)C[C@@H](c2cccc(Cl)c2)[C@]12C(=O)Nc1cc(Br)ccc12. The highest BCUT2D eigenvalue weighted by Crippen LogP contribution is 2.58. The largest absolute Gasteiger partial charge is 0.358 e. The zero-order chi connectivity index (χ0) is 27.2. The number of nitrogens with zero attached hydrogens (tertiary/aromatic N) is 1. The van der Waals surface area contributed by atoms with Gasteiger partial charge in [-0.2, -0.15) is 8.42 Å². The van der Waals surface area contributed by atoms with Crippen molar-refractivity contribution in [2.24, 2.45) is 11.1 Å². The molecule has 196 valence electrons. The van der Waals surface area contributed by atoms with Crippen molar-refractivity contribution in [3.63, 3.8) is 0 Å². The molecule has 1 spiro atoms. The third-order valence-corrected chi connectivity index (χ3v) is 9.30. The molecular formula is C29H26BrClN2O4S. The van der Waals surface area contributed by atoms with Crippen molar-refractivity contribution >= 4 is 55.0 Å². The Hall–Kier alpha value is -2.94. The summed E-state index contributed by atoms with van der Waals surface area (Å²) in [7, 11) is -4.11. The smallest absolute Gasteiger partial charge is 0.325 e. The molecule has 0 radical (unpaired) electrons. The van der Waals surface area contributed by atoms with E-state index in [1.165, 1.54) is 12.1 Å². The summed E-state index contributed by atoms with van der Waals surface area (Å²) in [6, 6.07) is 19.6. The number of hydrogen-bond acceptors (Lipinski definition) is 5. The van der Waals surface area contributed by atoms with Gasteiger partial charge in [0.1, 0.15) is 4.90 Å². The van der Waals surface area contributed by atoms with E-state index in [1.807, 2.05) is 50.2 Å². The molecule has 2 aliphatic rings. The molecule has 5 rings (SSSR count). The summed E-state index contributed by atoms with van der Waals surface area (Å²) in [5.74, 6) is -0.897. The van der Waals surface area contributed by atoms with E-state index in [4.69, 9.17) is 15.9 Å². The summed E-state index contributed by atoms with van der Waals surface area (Å²) in [6.07, 6.45) is 0.620. The minimum absolute atomic E-state index is 0.0252. The second kappa shape index (κ2) is 9.98. The van der Waals surface area contributed by atoms with Crippen LogP contribution in [0.2, 0.25) is 5.02 Å². The molecule has 38 heavy (non-hydrogen) atoms. The van der Waals surface area contributed by atoms with Gasteiger partial charge in [0, 0.05) is 27.0 Å². The van der Waals surface area contributed by atoms with Crippen LogP contribution in [0.4, 0.5) is 5.69 Å². The maximum absolute atomic E-state index is 14.0. The molecule has 3 atom stereocenters. The van der Waals surface area contributed by atoms with E-state index in [9.17, 15) is 13.2 Å². The molecule has 1 aliphatic heterocycles. The number of nitrogens with one attached hydrogen (secondary N) is 1. The zero-order valence-corrected chi connectivity index (χ0v) is 24.0. The lowest BCUT2D eigenvalue weighted by molar-refractivity contribution is -0.123. The van der Waals surface area contributed by atoms with E-state index in [2.05, 4.69) is 33.0 Å². The Kier molecular flexibility index (Phi) is 7.00. The van der Waals surface area contributed by atoms with Crippen LogP contribution >= 0.6 is 27.5 Å². The third kappa shape index (κ3) is 4.59. The van der Waals surface area contributed by atoms with Gasteiger partial charge in [0.25, 0.3) is 0 Å². The molecule has 0 bridgehead atoms. The van der Waals surface area contributed by atoms with Crippen LogP contribution in [0.15, 0.2) is 93.4 Å². The molecule has 3 aromatic rings. The Morgan fingerprint density at radius 2 is 1.87 bits per heavy atom. The van der Waals surface area contributed by atoms with Crippen LogP contribution < -0.4 is 5.32 Å². The van der Waals surface area contributed by atoms with Crippen molar-refractivity contribution in [2.45, 2.75) is 42.9 Å². The van der Waals surface area contributed by atoms with Crippen molar-refractivity contribution < 1.29 is 17.5 Å². The first-order valence-corrected chi connectivity index (χ1v) is 14.7. The van der Waals surface area contributed by atoms with E-state index in [-0.39, 0.29) is 16.7 Å². The van der Waals surface area contributed by atoms with Gasteiger partial charge in [-0.05, 0) is 74.2 Å². The molecule has 6 nitrogen and oxygen atoms in total. The minimum Gasteiger partial charge on any atom is -0.325 e. The van der Waals surface area contributed by atoms with Gasteiger partial charge in [-0.15, -0.1) is 0 Å². The van der Waals surface area contributed by atoms with Gasteiger partial charge in [-0.25, -0.2) is 0 Å².